The number of carbonyl (C=O) groups is 1. The predicted octanol–water partition coefficient (Wildman–Crippen LogP) is 3.42. The summed E-state index contributed by atoms with van der Waals surface area (Å²) >= 11 is 1.45. The van der Waals surface area contributed by atoms with Gasteiger partial charge in [0.05, 0.1) is 25.9 Å². The third-order valence-electron chi connectivity index (χ3n) is 4.44. The summed E-state index contributed by atoms with van der Waals surface area (Å²) in [6.45, 7) is 9.51. The summed E-state index contributed by atoms with van der Waals surface area (Å²) in [7, 11) is 0. The van der Waals surface area contributed by atoms with E-state index in [0.29, 0.717) is 42.7 Å². The average Bonchev–Trinajstić information content (AvgIpc) is 2.99. The van der Waals surface area contributed by atoms with Crippen molar-refractivity contribution in [2.24, 2.45) is 11.8 Å². The Morgan fingerprint density at radius 3 is 2.71 bits per heavy atom. The maximum atomic E-state index is 11.0. The van der Waals surface area contributed by atoms with E-state index in [4.69, 9.17) is 14.2 Å². The van der Waals surface area contributed by atoms with Crippen molar-refractivity contribution in [1.29, 1.82) is 0 Å². The molecule has 1 aliphatic carbocycles. The molecule has 1 amide bonds. The number of nitrogens with one attached hydrogen (secondary N) is 1. The van der Waals surface area contributed by atoms with Crippen molar-refractivity contribution in [3.05, 3.63) is 12.1 Å². The second-order valence-corrected chi connectivity index (χ2v) is 8.80. The SMILES string of the molecule is CC(=O)N[C@@H](C)COC1CC(COc2ccc3nc(OCC(C)C)sc3n2)C1. The van der Waals surface area contributed by atoms with E-state index in [1.165, 1.54) is 18.3 Å². The Kier molecular flexibility index (Phi) is 7.07. The van der Waals surface area contributed by atoms with Crippen molar-refractivity contribution in [3.63, 3.8) is 0 Å². The topological polar surface area (TPSA) is 82.6 Å². The molecule has 2 aromatic heterocycles. The van der Waals surface area contributed by atoms with Gasteiger partial charge in [0.1, 0.15) is 5.52 Å². The lowest BCUT2D eigenvalue weighted by Gasteiger charge is -2.35. The van der Waals surface area contributed by atoms with Crippen LogP contribution in [0.4, 0.5) is 0 Å². The van der Waals surface area contributed by atoms with E-state index >= 15 is 0 Å². The lowest BCUT2D eigenvalue weighted by atomic mass is 9.83. The highest BCUT2D eigenvalue weighted by Gasteiger charge is 2.30. The van der Waals surface area contributed by atoms with Gasteiger partial charge in [-0.05, 0) is 37.7 Å². The molecule has 1 atom stereocenters. The maximum Gasteiger partial charge on any atom is 0.275 e. The van der Waals surface area contributed by atoms with Gasteiger partial charge in [0.25, 0.3) is 5.19 Å². The first-order valence-electron chi connectivity index (χ1n) is 9.81. The quantitative estimate of drug-likeness (QED) is 0.650. The number of hydrogen-bond acceptors (Lipinski definition) is 7. The molecule has 1 aliphatic rings. The number of fused-ring (bicyclic) bond motifs is 1. The minimum absolute atomic E-state index is 0.0278. The molecule has 2 heterocycles. The van der Waals surface area contributed by atoms with Gasteiger partial charge in [-0.2, -0.15) is 0 Å². The molecule has 0 spiro atoms. The van der Waals surface area contributed by atoms with Gasteiger partial charge in [0, 0.05) is 19.0 Å². The molecule has 0 aliphatic heterocycles. The number of aromatic nitrogens is 2. The second-order valence-electron chi connectivity index (χ2n) is 7.86. The third-order valence-corrected chi connectivity index (χ3v) is 5.32. The Bertz CT molecular complexity index is 789. The summed E-state index contributed by atoms with van der Waals surface area (Å²) in [5.74, 6) is 1.53. The molecule has 0 aromatic carbocycles. The van der Waals surface area contributed by atoms with Crippen LogP contribution >= 0.6 is 11.3 Å². The minimum Gasteiger partial charge on any atom is -0.477 e. The number of ether oxygens (including phenoxy) is 3. The van der Waals surface area contributed by atoms with Crippen LogP contribution in [0.3, 0.4) is 0 Å². The summed E-state index contributed by atoms with van der Waals surface area (Å²) in [6, 6.07) is 3.82. The first-order chi connectivity index (χ1) is 13.4. The monoisotopic (exact) mass is 407 g/mol. The second kappa shape index (κ2) is 9.52. The lowest BCUT2D eigenvalue weighted by molar-refractivity contribution is -0.120. The van der Waals surface area contributed by atoms with Crippen molar-refractivity contribution in [2.75, 3.05) is 19.8 Å². The Hall–Kier alpha value is -1.93. The van der Waals surface area contributed by atoms with Gasteiger partial charge in [-0.3, -0.25) is 4.79 Å². The van der Waals surface area contributed by atoms with E-state index in [-0.39, 0.29) is 18.1 Å². The number of pyridine rings is 1. The summed E-state index contributed by atoms with van der Waals surface area (Å²) in [5.41, 5.74) is 0.835. The molecule has 3 rings (SSSR count). The molecular weight excluding hydrogens is 378 g/mol. The van der Waals surface area contributed by atoms with Gasteiger partial charge in [-0.1, -0.05) is 25.2 Å². The van der Waals surface area contributed by atoms with E-state index in [2.05, 4.69) is 29.1 Å². The van der Waals surface area contributed by atoms with E-state index < -0.39 is 0 Å². The summed E-state index contributed by atoms with van der Waals surface area (Å²) in [4.78, 5) is 20.8. The number of thiazole rings is 1. The molecule has 2 aromatic rings. The van der Waals surface area contributed by atoms with Crippen molar-refractivity contribution >= 4 is 27.6 Å². The molecule has 1 N–H and O–H groups in total. The van der Waals surface area contributed by atoms with E-state index in [1.54, 1.807) is 0 Å². The molecular formula is C20H29N3O4S. The smallest absolute Gasteiger partial charge is 0.275 e. The molecule has 0 radical (unpaired) electrons. The predicted molar refractivity (Wildman–Crippen MR) is 109 cm³/mol. The van der Waals surface area contributed by atoms with Crippen LogP contribution in [0, 0.1) is 11.8 Å². The van der Waals surface area contributed by atoms with E-state index in [0.717, 1.165) is 23.2 Å². The number of nitrogens with zero attached hydrogens (tertiary/aromatic N) is 2. The fraction of sp³-hybridized carbons (Fsp3) is 0.650. The normalized spacial score (nSPS) is 20.0. The zero-order valence-corrected chi connectivity index (χ0v) is 17.8. The zero-order valence-electron chi connectivity index (χ0n) is 16.9. The molecule has 1 fully saturated rings. The van der Waals surface area contributed by atoms with Gasteiger partial charge in [-0.25, -0.2) is 9.97 Å². The van der Waals surface area contributed by atoms with Crippen LogP contribution in [0.15, 0.2) is 12.1 Å². The lowest BCUT2D eigenvalue weighted by Crippen LogP contribution is -2.40. The van der Waals surface area contributed by atoms with Gasteiger partial charge >= 0.3 is 0 Å². The molecule has 8 heteroatoms. The van der Waals surface area contributed by atoms with Gasteiger partial charge in [0.15, 0.2) is 4.83 Å². The third kappa shape index (κ3) is 6.04. The fourth-order valence-corrected chi connectivity index (χ4v) is 3.77. The Labute approximate surface area is 169 Å². The van der Waals surface area contributed by atoms with E-state index in [9.17, 15) is 4.79 Å². The molecule has 1 saturated carbocycles. The molecule has 7 nitrogen and oxygen atoms in total. The molecule has 0 bridgehead atoms. The number of amides is 1. The number of rotatable bonds is 10. The van der Waals surface area contributed by atoms with Crippen LogP contribution in [-0.4, -0.2) is 47.8 Å². The Morgan fingerprint density at radius 1 is 1.21 bits per heavy atom. The van der Waals surface area contributed by atoms with E-state index in [1.807, 2.05) is 19.1 Å². The van der Waals surface area contributed by atoms with Crippen LogP contribution in [0.1, 0.15) is 40.5 Å². The first-order valence-corrected chi connectivity index (χ1v) is 10.6. The summed E-state index contributed by atoms with van der Waals surface area (Å²) < 4.78 is 17.4. The van der Waals surface area contributed by atoms with Crippen LogP contribution in [0.2, 0.25) is 0 Å². The van der Waals surface area contributed by atoms with Gasteiger partial charge in [-0.15, -0.1) is 0 Å². The summed E-state index contributed by atoms with van der Waals surface area (Å²) in [5, 5.41) is 3.48. The van der Waals surface area contributed by atoms with Crippen LogP contribution in [0.5, 0.6) is 11.1 Å². The highest BCUT2D eigenvalue weighted by molar-refractivity contribution is 7.19. The van der Waals surface area contributed by atoms with Gasteiger partial charge in [0.2, 0.25) is 11.8 Å². The zero-order chi connectivity index (χ0) is 20.1. The molecule has 0 unspecified atom stereocenters. The first kappa shape index (κ1) is 20.8. The number of hydrogen-bond donors (Lipinski definition) is 1. The largest absolute Gasteiger partial charge is 0.477 e. The van der Waals surface area contributed by atoms with Crippen molar-refractivity contribution in [1.82, 2.24) is 15.3 Å². The standard InChI is InChI=1S/C20H29N3O4S/c1-12(2)9-27-20-22-17-5-6-18(23-19(17)28-20)26-11-15-7-16(8-15)25-10-13(3)21-14(4)24/h5-6,12-13,15-16H,7-11H2,1-4H3,(H,21,24)/t13-,15?,16?/m0/s1. The minimum atomic E-state index is -0.0278. The molecule has 0 saturated heterocycles. The van der Waals surface area contributed by atoms with Crippen molar-refractivity contribution < 1.29 is 19.0 Å². The van der Waals surface area contributed by atoms with Crippen molar-refractivity contribution in [2.45, 2.75) is 52.7 Å². The van der Waals surface area contributed by atoms with Crippen LogP contribution < -0.4 is 14.8 Å². The highest BCUT2D eigenvalue weighted by atomic mass is 32.1. The molecule has 154 valence electrons. The molecule has 28 heavy (non-hydrogen) atoms. The van der Waals surface area contributed by atoms with Gasteiger partial charge < -0.3 is 19.5 Å². The van der Waals surface area contributed by atoms with Crippen LogP contribution in [0.25, 0.3) is 10.3 Å². The average molecular weight is 408 g/mol. The maximum absolute atomic E-state index is 11.0. The Morgan fingerprint density at radius 2 is 2.00 bits per heavy atom. The number of carbonyl (C=O) groups excluding carboxylic acids is 1. The van der Waals surface area contributed by atoms with Crippen molar-refractivity contribution in [3.8, 4) is 11.1 Å². The fourth-order valence-electron chi connectivity index (χ4n) is 2.98. The van der Waals surface area contributed by atoms with Crippen LogP contribution in [-0.2, 0) is 9.53 Å². The summed E-state index contributed by atoms with van der Waals surface area (Å²) in [6.07, 6.45) is 2.20. The Balaban J connectivity index is 1.39. The highest BCUT2D eigenvalue weighted by Crippen LogP contribution is 2.32.